The number of carbonyl (C=O) groups is 4. The van der Waals surface area contributed by atoms with Crippen molar-refractivity contribution in [1.29, 1.82) is 0 Å². The van der Waals surface area contributed by atoms with E-state index in [0.717, 1.165) is 16.9 Å². The third-order valence-corrected chi connectivity index (χ3v) is 6.71. The van der Waals surface area contributed by atoms with Crippen LogP contribution in [-0.4, -0.2) is 82.3 Å². The number of carbonyl (C=O) groups excluding carboxylic acids is 4. The van der Waals surface area contributed by atoms with E-state index in [4.69, 9.17) is 14.2 Å². The summed E-state index contributed by atoms with van der Waals surface area (Å²) < 4.78 is 16.9. The Kier molecular flexibility index (Phi) is 15.1. The molecule has 0 radical (unpaired) electrons. The van der Waals surface area contributed by atoms with Gasteiger partial charge in [-0.2, -0.15) is 0 Å². The van der Waals surface area contributed by atoms with Gasteiger partial charge in [-0.15, -0.1) is 0 Å². The topological polar surface area (TPSA) is 106 Å². The Morgan fingerprint density at radius 1 is 0.800 bits per heavy atom. The first-order valence-electron chi connectivity index (χ1n) is 16.0. The molecule has 2 rings (SSSR count). The molecule has 1 saturated heterocycles. The maximum absolute atomic E-state index is 13.8. The van der Waals surface area contributed by atoms with Crippen molar-refractivity contribution < 1.29 is 33.4 Å². The van der Waals surface area contributed by atoms with E-state index >= 15 is 0 Å². The van der Waals surface area contributed by atoms with Gasteiger partial charge in [0.1, 0.15) is 17.8 Å². The number of hydrogen-bond donors (Lipinski definition) is 0. The first kappa shape index (κ1) is 37.4. The van der Waals surface area contributed by atoms with Crippen molar-refractivity contribution >= 4 is 24.2 Å². The van der Waals surface area contributed by atoms with Gasteiger partial charge in [-0.1, -0.05) is 61.6 Å². The zero-order chi connectivity index (χ0) is 33.5. The van der Waals surface area contributed by atoms with E-state index in [0.29, 0.717) is 32.2 Å². The number of allylic oxidation sites excluding steroid dienone is 3. The van der Waals surface area contributed by atoms with Gasteiger partial charge in [0.2, 0.25) is 5.91 Å². The highest BCUT2D eigenvalue weighted by Crippen LogP contribution is 2.19. The van der Waals surface area contributed by atoms with Gasteiger partial charge >= 0.3 is 18.3 Å². The first-order chi connectivity index (χ1) is 21.2. The largest absolute Gasteiger partial charge is 0.445 e. The Morgan fingerprint density at radius 3 is 2.07 bits per heavy atom. The number of amides is 4. The number of nitrogens with zero attached hydrogens (tertiary/aromatic N) is 3. The molecule has 1 aliphatic rings. The summed E-state index contributed by atoms with van der Waals surface area (Å²) in [5.74, 6) is -0.480. The molecule has 0 N–H and O–H groups in total. The van der Waals surface area contributed by atoms with Crippen molar-refractivity contribution in [2.45, 2.75) is 111 Å². The lowest BCUT2D eigenvalue weighted by molar-refractivity contribution is -0.131. The zero-order valence-corrected chi connectivity index (χ0v) is 28.3. The van der Waals surface area contributed by atoms with Crippen LogP contribution in [0.1, 0.15) is 92.6 Å². The van der Waals surface area contributed by atoms with E-state index in [-0.39, 0.29) is 32.7 Å². The Morgan fingerprint density at radius 2 is 1.42 bits per heavy atom. The smallest absolute Gasteiger partial charge is 0.417 e. The highest BCUT2D eigenvalue weighted by molar-refractivity contribution is 5.92. The van der Waals surface area contributed by atoms with E-state index in [2.05, 4.69) is 0 Å². The Bertz CT molecular complexity index is 1150. The molecule has 0 spiro atoms. The van der Waals surface area contributed by atoms with Crippen molar-refractivity contribution in [2.75, 3.05) is 26.2 Å². The van der Waals surface area contributed by atoms with Crippen molar-refractivity contribution in [3.8, 4) is 0 Å². The molecule has 1 heterocycles. The maximum atomic E-state index is 13.8. The third kappa shape index (κ3) is 14.7. The van der Waals surface area contributed by atoms with E-state index < -0.39 is 41.4 Å². The molecule has 0 bridgehead atoms. The Labute approximate surface area is 269 Å². The van der Waals surface area contributed by atoms with Gasteiger partial charge in [0, 0.05) is 26.2 Å². The third-order valence-electron chi connectivity index (χ3n) is 6.71. The van der Waals surface area contributed by atoms with E-state index in [1.54, 1.807) is 51.3 Å². The van der Waals surface area contributed by atoms with Gasteiger partial charge in [-0.05, 0) is 79.2 Å². The van der Waals surface area contributed by atoms with Crippen LogP contribution in [0.5, 0.6) is 0 Å². The summed E-state index contributed by atoms with van der Waals surface area (Å²) in [7, 11) is 0. The number of imide groups is 1. The molecule has 1 aliphatic heterocycles. The number of benzene rings is 1. The second-order valence-corrected chi connectivity index (χ2v) is 13.1. The van der Waals surface area contributed by atoms with Crippen LogP contribution in [0.25, 0.3) is 0 Å². The number of hydrogen-bond acceptors (Lipinski definition) is 7. The molecular weight excluding hydrogens is 574 g/mol. The lowest BCUT2D eigenvalue weighted by Crippen LogP contribution is -2.46. The van der Waals surface area contributed by atoms with Crippen molar-refractivity contribution in [2.24, 2.45) is 0 Å². The summed E-state index contributed by atoms with van der Waals surface area (Å²) in [5.41, 5.74) is -0.657. The molecule has 4 amide bonds. The van der Waals surface area contributed by atoms with Crippen LogP contribution < -0.4 is 0 Å². The minimum Gasteiger partial charge on any atom is -0.445 e. The minimum atomic E-state index is -0.820. The molecule has 1 fully saturated rings. The monoisotopic (exact) mass is 627 g/mol. The second kappa shape index (κ2) is 18.2. The summed E-state index contributed by atoms with van der Waals surface area (Å²) in [6, 6.07) is 8.72. The van der Waals surface area contributed by atoms with Gasteiger partial charge in [0.05, 0.1) is 12.5 Å². The molecule has 45 heavy (non-hydrogen) atoms. The van der Waals surface area contributed by atoms with Crippen LogP contribution in [0.2, 0.25) is 0 Å². The number of ether oxygens (including phenoxy) is 3. The van der Waals surface area contributed by atoms with Gasteiger partial charge in [0.15, 0.2) is 0 Å². The Hall–Kier alpha value is -3.82. The van der Waals surface area contributed by atoms with Crippen LogP contribution in [-0.2, 0) is 25.6 Å². The average molecular weight is 628 g/mol. The SMILES string of the molecule is CC/C=C\C/C=C\[C@@H]1CC(=O)N(C(=O)OC(C)(C)C)CCCN(C(=O)OC(C)(C)C)CCCCN1C(=O)OCc1ccccc1. The van der Waals surface area contributed by atoms with Crippen LogP contribution >= 0.6 is 0 Å². The summed E-state index contributed by atoms with van der Waals surface area (Å²) in [6.45, 7) is 13.8. The normalized spacial score (nSPS) is 17.9. The van der Waals surface area contributed by atoms with E-state index in [1.807, 2.05) is 61.6 Å². The van der Waals surface area contributed by atoms with Crippen molar-refractivity contribution in [3.63, 3.8) is 0 Å². The van der Waals surface area contributed by atoms with Crippen LogP contribution in [0.4, 0.5) is 14.4 Å². The molecule has 1 aromatic rings. The first-order valence-corrected chi connectivity index (χ1v) is 16.0. The van der Waals surface area contributed by atoms with Gasteiger partial charge in [-0.25, -0.2) is 19.3 Å². The predicted molar refractivity (Wildman–Crippen MR) is 175 cm³/mol. The average Bonchev–Trinajstić information content (AvgIpc) is 2.95. The molecular formula is C35H53N3O7. The van der Waals surface area contributed by atoms with Crippen LogP contribution in [0, 0.1) is 0 Å². The van der Waals surface area contributed by atoms with Gasteiger partial charge in [0.25, 0.3) is 0 Å². The predicted octanol–water partition coefficient (Wildman–Crippen LogP) is 7.48. The maximum Gasteiger partial charge on any atom is 0.417 e. The minimum absolute atomic E-state index is 0.0428. The summed E-state index contributed by atoms with van der Waals surface area (Å²) in [6.07, 6.45) is 8.93. The summed E-state index contributed by atoms with van der Waals surface area (Å²) in [4.78, 5) is 58.0. The molecule has 0 saturated carbocycles. The molecule has 1 aromatic carbocycles. The molecule has 0 unspecified atom stereocenters. The summed E-state index contributed by atoms with van der Waals surface area (Å²) in [5, 5.41) is 0. The molecule has 0 aliphatic carbocycles. The fraction of sp³-hybridized carbons (Fsp3) is 0.600. The number of rotatable bonds is 6. The van der Waals surface area contributed by atoms with Crippen molar-refractivity contribution in [3.05, 3.63) is 60.2 Å². The molecule has 10 nitrogen and oxygen atoms in total. The fourth-order valence-corrected chi connectivity index (χ4v) is 4.60. The second-order valence-electron chi connectivity index (χ2n) is 13.1. The van der Waals surface area contributed by atoms with Gasteiger partial charge < -0.3 is 24.0 Å². The standard InChI is InChI=1S/C35H53N3O7/c1-8-9-10-11-15-21-29-26-30(39)38(33(42)45-35(5,6)7)25-18-23-36(31(40)44-34(2,3)4)22-16-17-24-37(29)32(41)43-27-28-19-13-12-14-20-28/h9-10,12-15,19-21,29H,8,11,16-18,22-27H2,1-7H3/b10-9-,21-15-/t29-/m1/s1. The highest BCUT2D eigenvalue weighted by Gasteiger charge is 2.32. The van der Waals surface area contributed by atoms with E-state index in [9.17, 15) is 19.2 Å². The Balaban J connectivity index is 2.43. The zero-order valence-electron chi connectivity index (χ0n) is 28.3. The molecule has 0 aromatic heterocycles. The molecule has 10 heteroatoms. The lowest BCUT2D eigenvalue weighted by atomic mass is 10.1. The van der Waals surface area contributed by atoms with Crippen LogP contribution in [0.15, 0.2) is 54.6 Å². The van der Waals surface area contributed by atoms with Crippen molar-refractivity contribution in [1.82, 2.24) is 14.7 Å². The highest BCUT2D eigenvalue weighted by atomic mass is 16.6. The quantitative estimate of drug-likeness (QED) is 0.238. The van der Waals surface area contributed by atoms with Crippen LogP contribution in [0.3, 0.4) is 0 Å². The fourth-order valence-electron chi connectivity index (χ4n) is 4.60. The van der Waals surface area contributed by atoms with Gasteiger partial charge in [-0.3, -0.25) is 4.79 Å². The summed E-state index contributed by atoms with van der Waals surface area (Å²) >= 11 is 0. The molecule has 250 valence electrons. The lowest BCUT2D eigenvalue weighted by Gasteiger charge is -2.31. The molecule has 1 atom stereocenters. The van der Waals surface area contributed by atoms with E-state index in [1.165, 1.54) is 0 Å².